The monoisotopic (exact) mass is 469 g/mol. The molecular weight excluding hydrogens is 446 g/mol. The average molecular weight is 470 g/mol. The van der Waals surface area contributed by atoms with E-state index in [1.54, 1.807) is 24.3 Å². The highest BCUT2D eigenvalue weighted by molar-refractivity contribution is 6.48. The van der Waals surface area contributed by atoms with Crippen LogP contribution in [-0.4, -0.2) is 27.9 Å². The van der Waals surface area contributed by atoms with Crippen LogP contribution in [0.1, 0.15) is 25.0 Å². The summed E-state index contributed by atoms with van der Waals surface area (Å²) in [4.78, 5) is 27.7. The maximum atomic E-state index is 14.1. The lowest BCUT2D eigenvalue weighted by Crippen LogP contribution is -2.51. The van der Waals surface area contributed by atoms with Gasteiger partial charge in [-0.2, -0.15) is 0 Å². The van der Waals surface area contributed by atoms with Gasteiger partial charge in [0.25, 0.3) is 5.91 Å². The van der Waals surface area contributed by atoms with Crippen LogP contribution in [-0.2, 0) is 9.59 Å². The van der Waals surface area contributed by atoms with Gasteiger partial charge in [0.2, 0.25) is 5.91 Å². The van der Waals surface area contributed by atoms with Crippen LogP contribution in [0.4, 0.5) is 5.69 Å². The molecule has 4 nitrogen and oxygen atoms in total. The highest BCUT2D eigenvalue weighted by Gasteiger charge is 2.85. The van der Waals surface area contributed by atoms with Gasteiger partial charge in [0, 0.05) is 10.8 Å². The number of benzene rings is 3. The molecule has 2 amide bonds. The number of rotatable bonds is 3. The van der Waals surface area contributed by atoms with Gasteiger partial charge < -0.3 is 5.11 Å². The van der Waals surface area contributed by atoms with Gasteiger partial charge in [-0.3, -0.25) is 9.59 Å². The molecule has 0 radical (unpaired) electrons. The SMILES string of the molecule is CC12C(c3ccccc3)=C(c3ccccc3)C(C)(C1O)C1(Cl)C(=O)N(c3ccccc3)C(=O)C21. The van der Waals surface area contributed by atoms with Crippen LogP contribution in [0.5, 0.6) is 0 Å². The molecule has 5 atom stereocenters. The second kappa shape index (κ2) is 6.91. The van der Waals surface area contributed by atoms with Gasteiger partial charge in [-0.25, -0.2) is 4.90 Å². The predicted octanol–water partition coefficient (Wildman–Crippen LogP) is 5.17. The average Bonchev–Trinajstić information content (AvgIpc) is 3.25. The number of carbonyl (C=O) groups is 2. The van der Waals surface area contributed by atoms with Gasteiger partial charge >= 0.3 is 0 Å². The lowest BCUT2D eigenvalue weighted by Gasteiger charge is -2.42. The Morgan fingerprint density at radius 2 is 1.24 bits per heavy atom. The highest BCUT2D eigenvalue weighted by Crippen LogP contribution is 2.78. The molecule has 170 valence electrons. The van der Waals surface area contributed by atoms with Gasteiger partial charge in [-0.15, -0.1) is 11.6 Å². The fourth-order valence-corrected chi connectivity index (χ4v) is 7.50. The molecular formula is C29H24ClNO3. The number of aliphatic hydroxyl groups is 1. The summed E-state index contributed by atoms with van der Waals surface area (Å²) >= 11 is 7.37. The van der Waals surface area contributed by atoms with Crippen LogP contribution in [0.15, 0.2) is 91.0 Å². The zero-order chi connectivity index (χ0) is 23.9. The molecule has 6 rings (SSSR count). The van der Waals surface area contributed by atoms with Crippen molar-refractivity contribution in [3.8, 4) is 0 Å². The quantitative estimate of drug-likeness (QED) is 0.425. The zero-order valence-electron chi connectivity index (χ0n) is 18.9. The van der Waals surface area contributed by atoms with Crippen molar-refractivity contribution < 1.29 is 14.7 Å². The van der Waals surface area contributed by atoms with Crippen LogP contribution in [0.2, 0.25) is 0 Å². The predicted molar refractivity (Wildman–Crippen MR) is 133 cm³/mol. The lowest BCUT2D eigenvalue weighted by molar-refractivity contribution is -0.125. The third-order valence-electron chi connectivity index (χ3n) is 8.30. The summed E-state index contributed by atoms with van der Waals surface area (Å²) in [5, 5.41) is 11.9. The Hall–Kier alpha value is -3.21. The molecule has 1 saturated carbocycles. The molecule has 1 heterocycles. The maximum Gasteiger partial charge on any atom is 0.256 e. The Bertz CT molecular complexity index is 1360. The van der Waals surface area contributed by atoms with Crippen molar-refractivity contribution in [1.82, 2.24) is 0 Å². The molecule has 0 spiro atoms. The molecule has 1 aliphatic heterocycles. The van der Waals surface area contributed by atoms with Crippen molar-refractivity contribution in [2.24, 2.45) is 16.7 Å². The maximum absolute atomic E-state index is 14.1. The van der Waals surface area contributed by atoms with E-state index in [-0.39, 0.29) is 5.91 Å². The summed E-state index contributed by atoms with van der Waals surface area (Å²) in [6, 6.07) is 28.5. The smallest absolute Gasteiger partial charge is 0.256 e. The topological polar surface area (TPSA) is 57.6 Å². The Kier molecular flexibility index (Phi) is 4.33. The van der Waals surface area contributed by atoms with Crippen molar-refractivity contribution >= 4 is 40.2 Å². The van der Waals surface area contributed by atoms with E-state index in [1.165, 1.54) is 4.90 Å². The zero-order valence-corrected chi connectivity index (χ0v) is 19.7. The van der Waals surface area contributed by atoms with Gasteiger partial charge in [-0.05, 0) is 34.4 Å². The van der Waals surface area contributed by atoms with E-state index in [2.05, 4.69) is 0 Å². The molecule has 2 fully saturated rings. The molecule has 1 N–H and O–H groups in total. The standard InChI is InChI=1S/C29H24ClNO3/c1-27-21(18-12-6-3-7-13-18)22(19-14-8-4-9-15-19)28(2,25(27)33)29(30)23(27)24(32)31(26(29)34)20-16-10-5-11-17-20/h3-17,23,25,33H,1-2H3. The lowest BCUT2D eigenvalue weighted by atomic mass is 9.62. The number of fused-ring (bicyclic) bond motifs is 5. The molecule has 34 heavy (non-hydrogen) atoms. The second-order valence-electron chi connectivity index (χ2n) is 9.83. The third kappa shape index (κ3) is 2.23. The van der Waals surface area contributed by atoms with Crippen molar-refractivity contribution in [1.29, 1.82) is 0 Å². The van der Waals surface area contributed by atoms with Crippen molar-refractivity contribution in [2.45, 2.75) is 24.8 Å². The van der Waals surface area contributed by atoms with Crippen molar-refractivity contribution in [3.63, 3.8) is 0 Å². The van der Waals surface area contributed by atoms with Crippen LogP contribution < -0.4 is 4.90 Å². The first-order chi connectivity index (χ1) is 16.3. The van der Waals surface area contributed by atoms with Gasteiger partial charge in [0.15, 0.2) is 0 Å². The molecule has 5 heteroatoms. The summed E-state index contributed by atoms with van der Waals surface area (Å²) in [5.41, 5.74) is 1.78. The summed E-state index contributed by atoms with van der Waals surface area (Å²) in [6.45, 7) is 3.74. The number of amides is 2. The van der Waals surface area contributed by atoms with E-state index >= 15 is 0 Å². The number of anilines is 1. The third-order valence-corrected chi connectivity index (χ3v) is 9.07. The van der Waals surface area contributed by atoms with Gasteiger partial charge in [-0.1, -0.05) is 92.7 Å². The molecule has 5 unspecified atom stereocenters. The minimum absolute atomic E-state index is 0.364. The Morgan fingerprint density at radius 1 is 0.765 bits per heavy atom. The fourth-order valence-electron chi connectivity index (χ4n) is 6.89. The van der Waals surface area contributed by atoms with E-state index < -0.39 is 33.6 Å². The van der Waals surface area contributed by atoms with Crippen LogP contribution >= 0.6 is 11.6 Å². The fraction of sp³-hybridized carbons (Fsp3) is 0.241. The van der Waals surface area contributed by atoms with Crippen molar-refractivity contribution in [3.05, 3.63) is 102 Å². The first-order valence-corrected chi connectivity index (χ1v) is 11.8. The van der Waals surface area contributed by atoms with E-state index in [4.69, 9.17) is 11.6 Å². The number of alkyl halides is 1. The molecule has 3 aliphatic rings. The van der Waals surface area contributed by atoms with Crippen LogP contribution in [0.3, 0.4) is 0 Å². The number of imide groups is 1. The first-order valence-electron chi connectivity index (χ1n) is 11.5. The van der Waals surface area contributed by atoms with Crippen LogP contribution in [0.25, 0.3) is 11.1 Å². The number of para-hydroxylation sites is 1. The normalized spacial score (nSPS) is 34.2. The first kappa shape index (κ1) is 21.3. The van der Waals surface area contributed by atoms with E-state index in [0.29, 0.717) is 5.69 Å². The van der Waals surface area contributed by atoms with Crippen LogP contribution in [0, 0.1) is 16.7 Å². The van der Waals surface area contributed by atoms with E-state index in [0.717, 1.165) is 22.3 Å². The van der Waals surface area contributed by atoms with E-state index in [1.807, 2.05) is 80.6 Å². The second-order valence-corrected chi connectivity index (χ2v) is 10.4. The number of nitrogens with zero attached hydrogens (tertiary/aromatic N) is 1. The van der Waals surface area contributed by atoms with Gasteiger partial charge in [0.05, 0.1) is 17.7 Å². The van der Waals surface area contributed by atoms with Crippen molar-refractivity contribution in [2.75, 3.05) is 4.90 Å². The Morgan fingerprint density at radius 3 is 1.76 bits per heavy atom. The number of hydrogen-bond acceptors (Lipinski definition) is 3. The Balaban J connectivity index is 1.67. The summed E-state index contributed by atoms with van der Waals surface area (Å²) < 4.78 is 0. The number of aliphatic hydroxyl groups excluding tert-OH is 1. The number of halogens is 1. The molecule has 0 aromatic heterocycles. The number of carbonyl (C=O) groups excluding carboxylic acids is 2. The Labute approximate surface area is 203 Å². The largest absolute Gasteiger partial charge is 0.391 e. The minimum Gasteiger partial charge on any atom is -0.391 e. The van der Waals surface area contributed by atoms with E-state index in [9.17, 15) is 14.7 Å². The van der Waals surface area contributed by atoms with Gasteiger partial charge in [0.1, 0.15) is 4.87 Å². The molecule has 1 saturated heterocycles. The molecule has 2 aliphatic carbocycles. The highest BCUT2D eigenvalue weighted by atomic mass is 35.5. The summed E-state index contributed by atoms with van der Waals surface area (Å²) in [6.07, 6.45) is -1.02. The molecule has 3 aromatic carbocycles. The molecule has 2 bridgehead atoms. The summed E-state index contributed by atoms with van der Waals surface area (Å²) in [5.74, 6) is -1.74. The summed E-state index contributed by atoms with van der Waals surface area (Å²) in [7, 11) is 0. The molecule has 3 aromatic rings. The minimum atomic E-state index is -1.61. The number of hydrogen-bond donors (Lipinski definition) is 1.